The van der Waals surface area contributed by atoms with Gasteiger partial charge in [-0.1, -0.05) is 44.4 Å². The van der Waals surface area contributed by atoms with Gasteiger partial charge in [0.25, 0.3) is 10.1 Å². The van der Waals surface area contributed by atoms with Crippen molar-refractivity contribution >= 4 is 16.1 Å². The zero-order valence-electron chi connectivity index (χ0n) is 34.1. The van der Waals surface area contributed by atoms with Crippen molar-refractivity contribution in [3.63, 3.8) is 0 Å². The summed E-state index contributed by atoms with van der Waals surface area (Å²) in [6.45, 7) is 15.8. The van der Waals surface area contributed by atoms with Gasteiger partial charge in [0, 0.05) is 0 Å². The molecule has 0 N–H and O–H groups in total. The molecule has 17 heteroatoms. The molecule has 1 atom stereocenters. The molecule has 0 fully saturated rings. The normalized spacial score (nSPS) is 12.3. The number of ether oxygens (including phenoxy) is 12. The fourth-order valence-electron chi connectivity index (χ4n) is 4.54. The molecule has 1 unspecified atom stereocenters. The summed E-state index contributed by atoms with van der Waals surface area (Å²) in [6.07, 6.45) is 3.81. The van der Waals surface area contributed by atoms with E-state index in [0.29, 0.717) is 139 Å². The maximum absolute atomic E-state index is 12.1. The highest BCUT2D eigenvalue weighted by Gasteiger charge is 2.17. The Hall–Kier alpha value is -1.84. The third-order valence-corrected chi connectivity index (χ3v) is 9.03. The molecule has 56 heavy (non-hydrogen) atoms. The fraction of sp³-hybridized carbons (Fsp3) is 0.821. The van der Waals surface area contributed by atoms with Crippen molar-refractivity contribution in [3.8, 4) is 0 Å². The average molecular weight is 827 g/mol. The molecule has 0 aliphatic carbocycles. The minimum atomic E-state index is -3.78. The van der Waals surface area contributed by atoms with E-state index in [-0.39, 0.29) is 36.6 Å². The van der Waals surface area contributed by atoms with Crippen LogP contribution in [0.1, 0.15) is 45.1 Å². The third kappa shape index (κ3) is 32.2. The highest BCUT2D eigenvalue weighted by molar-refractivity contribution is 7.86. The van der Waals surface area contributed by atoms with Gasteiger partial charge in [-0.2, -0.15) is 8.42 Å². The Labute approximate surface area is 335 Å². The molecule has 0 aromatic heterocycles. The number of hydrogen-bond acceptors (Lipinski definition) is 16. The zero-order chi connectivity index (χ0) is 40.6. The Kier molecular flexibility index (Phi) is 36.0. The molecule has 0 spiro atoms. The summed E-state index contributed by atoms with van der Waals surface area (Å²) in [5, 5.41) is 0. The summed E-state index contributed by atoms with van der Waals surface area (Å²) in [6, 6.07) is 6.47. The van der Waals surface area contributed by atoms with Crippen LogP contribution in [-0.4, -0.2) is 173 Å². The Morgan fingerprint density at radius 2 is 0.786 bits per heavy atom. The molecule has 0 radical (unpaired) electrons. The first-order valence-corrected chi connectivity index (χ1v) is 21.3. The van der Waals surface area contributed by atoms with Crippen LogP contribution in [0.2, 0.25) is 0 Å². The van der Waals surface area contributed by atoms with E-state index in [0.717, 1.165) is 31.2 Å². The SMILES string of the molecule is CCCCC(CC)C(=O)OCCOCCOCCOCCOCCOCCOCCOCCOCCOCCOCCOCCOS(=O)(=O)c1ccc(C)cc1. The predicted molar refractivity (Wildman–Crippen MR) is 208 cm³/mol. The molecule has 0 saturated carbocycles. The number of esters is 1. The van der Waals surface area contributed by atoms with E-state index in [2.05, 4.69) is 6.92 Å². The Morgan fingerprint density at radius 1 is 0.482 bits per heavy atom. The lowest BCUT2D eigenvalue weighted by Gasteiger charge is -2.13. The molecule has 1 rings (SSSR count). The predicted octanol–water partition coefficient (Wildman–Crippen LogP) is 3.64. The van der Waals surface area contributed by atoms with Gasteiger partial charge in [0.2, 0.25) is 0 Å². The zero-order valence-corrected chi connectivity index (χ0v) is 34.9. The van der Waals surface area contributed by atoms with Gasteiger partial charge in [0.05, 0.1) is 163 Å². The largest absolute Gasteiger partial charge is 0.463 e. The molecule has 0 heterocycles. The van der Waals surface area contributed by atoms with Crippen LogP contribution in [0.4, 0.5) is 0 Å². The number of carbonyl (C=O) groups excluding carboxylic acids is 1. The Balaban J connectivity index is 1.68. The van der Waals surface area contributed by atoms with Crippen LogP contribution in [0.15, 0.2) is 29.2 Å². The number of benzene rings is 1. The Morgan fingerprint density at radius 3 is 1.09 bits per heavy atom. The topological polar surface area (TPSA) is 171 Å². The summed E-state index contributed by atoms with van der Waals surface area (Å²) >= 11 is 0. The van der Waals surface area contributed by atoms with E-state index in [1.807, 2.05) is 13.8 Å². The van der Waals surface area contributed by atoms with E-state index >= 15 is 0 Å². The van der Waals surface area contributed by atoms with E-state index in [1.54, 1.807) is 12.1 Å². The van der Waals surface area contributed by atoms with Gasteiger partial charge in [-0.15, -0.1) is 0 Å². The summed E-state index contributed by atoms with van der Waals surface area (Å²) in [7, 11) is -3.78. The second kappa shape index (κ2) is 38.7. The number of hydrogen-bond donors (Lipinski definition) is 0. The van der Waals surface area contributed by atoms with E-state index in [4.69, 9.17) is 61.0 Å². The lowest BCUT2D eigenvalue weighted by molar-refractivity contribution is -0.150. The van der Waals surface area contributed by atoms with Crippen molar-refractivity contribution < 1.29 is 74.2 Å². The van der Waals surface area contributed by atoms with E-state index in [9.17, 15) is 13.2 Å². The lowest BCUT2D eigenvalue weighted by atomic mass is 10.00. The molecule has 0 bridgehead atoms. The van der Waals surface area contributed by atoms with Crippen LogP contribution < -0.4 is 0 Å². The minimum Gasteiger partial charge on any atom is -0.463 e. The molecule has 1 aromatic rings. The molecule has 0 aliphatic heterocycles. The first kappa shape index (κ1) is 52.2. The lowest BCUT2D eigenvalue weighted by Crippen LogP contribution is -2.20. The van der Waals surface area contributed by atoms with Crippen LogP contribution in [0, 0.1) is 12.8 Å². The van der Waals surface area contributed by atoms with Gasteiger partial charge >= 0.3 is 5.97 Å². The summed E-state index contributed by atoms with van der Waals surface area (Å²) < 4.78 is 94.5. The molecule has 0 saturated heterocycles. The van der Waals surface area contributed by atoms with Gasteiger partial charge < -0.3 is 56.8 Å². The van der Waals surface area contributed by atoms with Crippen molar-refractivity contribution in [1.29, 1.82) is 0 Å². The van der Waals surface area contributed by atoms with Gasteiger partial charge in [-0.25, -0.2) is 0 Å². The monoisotopic (exact) mass is 826 g/mol. The van der Waals surface area contributed by atoms with Crippen molar-refractivity contribution in [2.24, 2.45) is 5.92 Å². The molecular formula is C39H70O16S. The molecule has 328 valence electrons. The molecule has 0 amide bonds. The van der Waals surface area contributed by atoms with Crippen LogP contribution in [0.25, 0.3) is 0 Å². The van der Waals surface area contributed by atoms with Gasteiger partial charge in [0.1, 0.15) is 6.61 Å². The second-order valence-electron chi connectivity index (χ2n) is 12.2. The minimum absolute atomic E-state index is 0.0120. The highest BCUT2D eigenvalue weighted by atomic mass is 32.2. The van der Waals surface area contributed by atoms with Crippen LogP contribution in [-0.2, 0) is 75.9 Å². The first-order chi connectivity index (χ1) is 27.4. The number of rotatable bonds is 43. The first-order valence-electron chi connectivity index (χ1n) is 19.9. The standard InChI is InChI=1S/C39H70O16S/c1-4-6-7-37(5-2)39(40)54-34-32-52-30-28-50-26-24-48-22-20-46-18-16-44-14-12-43-13-15-45-17-19-47-21-23-49-25-27-51-29-31-53-33-35-55-56(41,42)38-10-8-36(3)9-11-38/h8-11,37H,4-7,12-35H2,1-3H3. The van der Waals surface area contributed by atoms with Crippen molar-refractivity contribution in [2.75, 3.05) is 159 Å². The van der Waals surface area contributed by atoms with Gasteiger partial charge in [-0.3, -0.25) is 8.98 Å². The Bertz CT molecular complexity index is 1110. The molecule has 1 aromatic carbocycles. The quantitative estimate of drug-likeness (QED) is 0.0531. The maximum atomic E-state index is 12.1. The van der Waals surface area contributed by atoms with Crippen molar-refractivity contribution in [2.45, 2.75) is 51.3 Å². The summed E-state index contributed by atoms with van der Waals surface area (Å²) in [4.78, 5) is 12.2. The van der Waals surface area contributed by atoms with Crippen molar-refractivity contribution in [1.82, 2.24) is 0 Å². The van der Waals surface area contributed by atoms with Crippen LogP contribution in [0.5, 0.6) is 0 Å². The highest BCUT2D eigenvalue weighted by Crippen LogP contribution is 2.14. The third-order valence-electron chi connectivity index (χ3n) is 7.70. The van der Waals surface area contributed by atoms with Crippen molar-refractivity contribution in [3.05, 3.63) is 29.8 Å². The molecular weight excluding hydrogens is 756 g/mol. The molecule has 0 aliphatic rings. The number of carbonyl (C=O) groups is 1. The summed E-state index contributed by atoms with van der Waals surface area (Å²) in [5.74, 6) is -0.139. The number of aryl methyl sites for hydroxylation is 1. The van der Waals surface area contributed by atoms with Crippen LogP contribution >= 0.6 is 0 Å². The average Bonchev–Trinajstić information content (AvgIpc) is 3.19. The molecule has 16 nitrogen and oxygen atoms in total. The van der Waals surface area contributed by atoms with Gasteiger partial charge in [0.15, 0.2) is 0 Å². The smallest absolute Gasteiger partial charge is 0.308 e. The maximum Gasteiger partial charge on any atom is 0.308 e. The summed E-state index contributed by atoms with van der Waals surface area (Å²) in [5.41, 5.74) is 0.972. The number of unbranched alkanes of at least 4 members (excludes halogenated alkanes) is 1. The van der Waals surface area contributed by atoms with Crippen LogP contribution in [0.3, 0.4) is 0 Å². The van der Waals surface area contributed by atoms with E-state index < -0.39 is 10.1 Å². The fourth-order valence-corrected chi connectivity index (χ4v) is 5.43. The van der Waals surface area contributed by atoms with Gasteiger partial charge in [-0.05, 0) is 31.9 Å². The second-order valence-corrected chi connectivity index (χ2v) is 13.9. The van der Waals surface area contributed by atoms with E-state index in [1.165, 1.54) is 12.1 Å².